The molecule has 0 aromatic heterocycles. The van der Waals surface area contributed by atoms with Crippen LogP contribution in [-0.4, -0.2) is 5.78 Å². The lowest BCUT2D eigenvalue weighted by molar-refractivity contribution is 0.0982. The van der Waals surface area contributed by atoms with Crippen LogP contribution in [0.2, 0.25) is 0 Å². The molecule has 0 atom stereocenters. The third-order valence-electron chi connectivity index (χ3n) is 3.39. The van der Waals surface area contributed by atoms with Crippen LogP contribution in [0.25, 0.3) is 0 Å². The largest absolute Gasteiger partial charge is 0.294 e. The summed E-state index contributed by atoms with van der Waals surface area (Å²) in [5.74, 6) is 0.236. The summed E-state index contributed by atoms with van der Waals surface area (Å²) in [5, 5.41) is 0. The summed E-state index contributed by atoms with van der Waals surface area (Å²) >= 11 is 0. The fraction of sp³-hybridized carbons (Fsp3) is 0.235. The number of hydrogen-bond acceptors (Lipinski definition) is 1. The highest BCUT2D eigenvalue weighted by Gasteiger charge is 2.09. The van der Waals surface area contributed by atoms with Crippen LogP contribution in [0.1, 0.15) is 33.5 Å². The van der Waals surface area contributed by atoms with Crippen LogP contribution in [0.3, 0.4) is 0 Å². The maximum atomic E-state index is 12.2. The van der Waals surface area contributed by atoms with Crippen LogP contribution in [0.5, 0.6) is 0 Å². The molecule has 2 aromatic carbocycles. The van der Waals surface area contributed by atoms with Crippen LogP contribution in [0, 0.1) is 13.8 Å². The van der Waals surface area contributed by atoms with Crippen molar-refractivity contribution in [2.75, 3.05) is 0 Å². The zero-order valence-corrected chi connectivity index (χ0v) is 10.9. The van der Waals surface area contributed by atoms with Crippen LogP contribution >= 0.6 is 0 Å². The molecule has 0 heterocycles. The molecule has 0 bridgehead atoms. The average molecular weight is 238 g/mol. The van der Waals surface area contributed by atoms with Crippen molar-refractivity contribution in [1.29, 1.82) is 0 Å². The van der Waals surface area contributed by atoms with Gasteiger partial charge in [-0.05, 0) is 37.0 Å². The first-order valence-corrected chi connectivity index (χ1v) is 6.32. The van der Waals surface area contributed by atoms with Crippen molar-refractivity contribution in [3.05, 3.63) is 70.8 Å². The van der Waals surface area contributed by atoms with E-state index in [-0.39, 0.29) is 5.78 Å². The first kappa shape index (κ1) is 12.6. The molecule has 0 N–H and O–H groups in total. The SMILES string of the molecule is Cc1cccc(C(=O)CCc2ccccc2)c1C. The molecule has 1 heteroatoms. The molecule has 1 nitrogen and oxygen atoms in total. The topological polar surface area (TPSA) is 17.1 Å². The van der Waals surface area contributed by atoms with Gasteiger partial charge in [0.15, 0.2) is 5.78 Å². The number of rotatable bonds is 4. The monoisotopic (exact) mass is 238 g/mol. The number of aryl methyl sites for hydroxylation is 2. The Bertz CT molecular complexity index is 541. The molecule has 92 valence electrons. The second kappa shape index (κ2) is 5.63. The minimum absolute atomic E-state index is 0.236. The maximum absolute atomic E-state index is 12.2. The predicted octanol–water partition coefficient (Wildman–Crippen LogP) is 4.12. The molecule has 0 aliphatic heterocycles. The van der Waals surface area contributed by atoms with E-state index < -0.39 is 0 Å². The number of hydrogen-bond donors (Lipinski definition) is 0. The Kier molecular flexibility index (Phi) is 3.93. The van der Waals surface area contributed by atoms with Gasteiger partial charge in [0.1, 0.15) is 0 Å². The van der Waals surface area contributed by atoms with Crippen molar-refractivity contribution >= 4 is 5.78 Å². The minimum Gasteiger partial charge on any atom is -0.294 e. The van der Waals surface area contributed by atoms with Crippen LogP contribution < -0.4 is 0 Å². The van der Waals surface area contributed by atoms with Gasteiger partial charge < -0.3 is 0 Å². The second-order valence-corrected chi connectivity index (χ2v) is 4.66. The highest BCUT2D eigenvalue weighted by molar-refractivity contribution is 5.97. The fourth-order valence-electron chi connectivity index (χ4n) is 2.09. The Morgan fingerprint density at radius 3 is 2.39 bits per heavy atom. The highest BCUT2D eigenvalue weighted by Crippen LogP contribution is 2.15. The van der Waals surface area contributed by atoms with Gasteiger partial charge in [0.2, 0.25) is 0 Å². The van der Waals surface area contributed by atoms with Crippen molar-refractivity contribution in [2.45, 2.75) is 26.7 Å². The van der Waals surface area contributed by atoms with Gasteiger partial charge in [-0.15, -0.1) is 0 Å². The van der Waals surface area contributed by atoms with E-state index in [2.05, 4.69) is 12.1 Å². The molecule has 2 aromatic rings. The molecule has 2 rings (SSSR count). The van der Waals surface area contributed by atoms with Gasteiger partial charge in [0, 0.05) is 12.0 Å². The van der Waals surface area contributed by atoms with E-state index in [4.69, 9.17) is 0 Å². The summed E-state index contributed by atoms with van der Waals surface area (Å²) < 4.78 is 0. The second-order valence-electron chi connectivity index (χ2n) is 4.66. The lowest BCUT2D eigenvalue weighted by Gasteiger charge is -2.07. The fourth-order valence-corrected chi connectivity index (χ4v) is 2.09. The van der Waals surface area contributed by atoms with E-state index in [0.717, 1.165) is 17.5 Å². The van der Waals surface area contributed by atoms with Crippen LogP contribution in [0.4, 0.5) is 0 Å². The van der Waals surface area contributed by atoms with Gasteiger partial charge in [0.05, 0.1) is 0 Å². The molecule has 0 saturated carbocycles. The Labute approximate surface area is 108 Å². The lowest BCUT2D eigenvalue weighted by Crippen LogP contribution is -2.04. The normalized spacial score (nSPS) is 10.3. The quantitative estimate of drug-likeness (QED) is 0.732. The zero-order valence-electron chi connectivity index (χ0n) is 10.9. The van der Waals surface area contributed by atoms with Crippen molar-refractivity contribution < 1.29 is 4.79 Å². The van der Waals surface area contributed by atoms with Gasteiger partial charge in [0.25, 0.3) is 0 Å². The highest BCUT2D eigenvalue weighted by atomic mass is 16.1. The predicted molar refractivity (Wildman–Crippen MR) is 75.0 cm³/mol. The van der Waals surface area contributed by atoms with Crippen LogP contribution in [-0.2, 0) is 6.42 Å². The van der Waals surface area contributed by atoms with E-state index in [1.165, 1.54) is 11.1 Å². The minimum atomic E-state index is 0.236. The molecular formula is C17H18O. The number of carbonyl (C=O) groups excluding carboxylic acids is 1. The molecule has 0 unspecified atom stereocenters. The lowest BCUT2D eigenvalue weighted by atomic mass is 9.96. The van der Waals surface area contributed by atoms with Gasteiger partial charge in [-0.2, -0.15) is 0 Å². The number of benzene rings is 2. The smallest absolute Gasteiger partial charge is 0.163 e. The van der Waals surface area contributed by atoms with Gasteiger partial charge in [-0.25, -0.2) is 0 Å². The molecule has 0 fully saturated rings. The summed E-state index contributed by atoms with van der Waals surface area (Å²) in [6, 6.07) is 16.1. The molecule has 0 aliphatic rings. The molecule has 0 aliphatic carbocycles. The third kappa shape index (κ3) is 2.86. The average Bonchev–Trinajstić information content (AvgIpc) is 2.40. The molecule has 0 spiro atoms. The van der Waals surface area contributed by atoms with E-state index in [1.54, 1.807) is 0 Å². The van der Waals surface area contributed by atoms with E-state index in [1.807, 2.05) is 50.2 Å². The molecule has 0 amide bonds. The van der Waals surface area contributed by atoms with Gasteiger partial charge in [-0.1, -0.05) is 48.5 Å². The summed E-state index contributed by atoms with van der Waals surface area (Å²) in [5.41, 5.74) is 4.37. The number of Topliss-reactive ketones (excluding diaryl/α,β-unsaturated/α-hetero) is 1. The Morgan fingerprint density at radius 2 is 1.67 bits per heavy atom. The third-order valence-corrected chi connectivity index (χ3v) is 3.39. The molecule has 18 heavy (non-hydrogen) atoms. The first-order chi connectivity index (χ1) is 8.68. The number of carbonyl (C=O) groups is 1. The maximum Gasteiger partial charge on any atom is 0.163 e. The number of ketones is 1. The Hall–Kier alpha value is -1.89. The van der Waals surface area contributed by atoms with Crippen LogP contribution in [0.15, 0.2) is 48.5 Å². The Balaban J connectivity index is 2.07. The van der Waals surface area contributed by atoms with Crippen molar-refractivity contribution in [1.82, 2.24) is 0 Å². The van der Waals surface area contributed by atoms with Crippen molar-refractivity contribution in [3.63, 3.8) is 0 Å². The molecule has 0 saturated heterocycles. The summed E-state index contributed by atoms with van der Waals surface area (Å²) in [6.07, 6.45) is 1.39. The van der Waals surface area contributed by atoms with Gasteiger partial charge >= 0.3 is 0 Å². The van der Waals surface area contributed by atoms with E-state index in [0.29, 0.717) is 6.42 Å². The first-order valence-electron chi connectivity index (χ1n) is 6.32. The molecular weight excluding hydrogens is 220 g/mol. The van der Waals surface area contributed by atoms with Crippen molar-refractivity contribution in [3.8, 4) is 0 Å². The van der Waals surface area contributed by atoms with E-state index >= 15 is 0 Å². The zero-order chi connectivity index (χ0) is 13.0. The van der Waals surface area contributed by atoms with Gasteiger partial charge in [-0.3, -0.25) is 4.79 Å². The Morgan fingerprint density at radius 1 is 0.944 bits per heavy atom. The summed E-state index contributed by atoms with van der Waals surface area (Å²) in [6.45, 7) is 4.06. The van der Waals surface area contributed by atoms with E-state index in [9.17, 15) is 4.79 Å². The summed E-state index contributed by atoms with van der Waals surface area (Å²) in [4.78, 5) is 12.2. The van der Waals surface area contributed by atoms with Crippen molar-refractivity contribution in [2.24, 2.45) is 0 Å². The molecule has 0 radical (unpaired) electrons. The standard InChI is InChI=1S/C17H18O/c1-13-7-6-10-16(14(13)2)17(18)12-11-15-8-4-3-5-9-15/h3-10H,11-12H2,1-2H3. The summed E-state index contributed by atoms with van der Waals surface area (Å²) in [7, 11) is 0.